The number of amides is 1. The Morgan fingerprint density at radius 3 is 2.91 bits per heavy atom. The minimum atomic E-state index is -0.448. The standard InChI is InChI=1S/C34H42ClN7O3/c1-22-16-33(10-5-13-41(33)18-22)21-44-32-36-29-17-34(11-9-24-26(34)7-4-8-27(24)35)45-20-25(29)30(37-32)40-12-6-14-42-23(19-40)15-28(38-42)31(43)39(2)3/h4,7-8,15,22H,5-6,9-14,16-21H2,1-3H3/t22-,33+,34+/m1/s1. The second kappa shape index (κ2) is 11.0. The summed E-state index contributed by atoms with van der Waals surface area (Å²) in [6, 6.07) is 8.53. The van der Waals surface area contributed by atoms with Gasteiger partial charge < -0.3 is 19.3 Å². The summed E-state index contributed by atoms with van der Waals surface area (Å²) in [4.78, 5) is 29.5. The molecular weight excluding hydrogens is 590 g/mol. The average molecular weight is 632 g/mol. The second-order valence-corrected chi connectivity index (χ2v) is 14.5. The van der Waals surface area contributed by atoms with Crippen molar-refractivity contribution in [2.75, 3.05) is 45.2 Å². The molecule has 0 unspecified atom stereocenters. The van der Waals surface area contributed by atoms with Crippen molar-refractivity contribution in [3.8, 4) is 6.01 Å². The fourth-order valence-electron chi connectivity index (χ4n) is 8.68. The van der Waals surface area contributed by atoms with E-state index in [0.29, 0.717) is 43.8 Å². The highest BCUT2D eigenvalue weighted by molar-refractivity contribution is 6.31. The van der Waals surface area contributed by atoms with Crippen LogP contribution < -0.4 is 9.64 Å². The van der Waals surface area contributed by atoms with Crippen LogP contribution >= 0.6 is 11.6 Å². The van der Waals surface area contributed by atoms with Crippen molar-refractivity contribution in [3.63, 3.8) is 0 Å². The van der Waals surface area contributed by atoms with Gasteiger partial charge in [-0.25, -0.2) is 0 Å². The highest BCUT2D eigenvalue weighted by Crippen LogP contribution is 2.49. The lowest BCUT2D eigenvalue weighted by Crippen LogP contribution is -2.43. The van der Waals surface area contributed by atoms with Gasteiger partial charge in [0.05, 0.1) is 35.7 Å². The Bertz CT molecular complexity index is 1660. The third kappa shape index (κ3) is 4.91. The molecule has 0 bridgehead atoms. The molecule has 1 amide bonds. The lowest BCUT2D eigenvalue weighted by Gasteiger charge is -2.37. The molecule has 3 atom stereocenters. The van der Waals surface area contributed by atoms with Gasteiger partial charge in [0.1, 0.15) is 12.4 Å². The lowest BCUT2D eigenvalue weighted by atomic mass is 9.87. The minimum absolute atomic E-state index is 0.0782. The quantitative estimate of drug-likeness (QED) is 0.404. The molecule has 1 aliphatic carbocycles. The number of aromatic nitrogens is 4. The van der Waals surface area contributed by atoms with Crippen molar-refractivity contribution in [1.82, 2.24) is 29.5 Å². The molecule has 2 saturated heterocycles. The van der Waals surface area contributed by atoms with Gasteiger partial charge in [0.15, 0.2) is 5.69 Å². The zero-order valence-corrected chi connectivity index (χ0v) is 27.3. The van der Waals surface area contributed by atoms with E-state index in [0.717, 1.165) is 86.1 Å². The van der Waals surface area contributed by atoms with Crippen LogP contribution in [0, 0.1) is 5.92 Å². The molecule has 5 aliphatic rings. The summed E-state index contributed by atoms with van der Waals surface area (Å²) in [5.41, 5.74) is 5.49. The number of hydrogen-bond acceptors (Lipinski definition) is 8. The number of halogens is 1. The number of aryl methyl sites for hydroxylation is 1. The van der Waals surface area contributed by atoms with E-state index in [4.69, 9.17) is 31.0 Å². The molecule has 2 aromatic heterocycles. The number of benzene rings is 1. The molecule has 2 fully saturated rings. The van der Waals surface area contributed by atoms with Crippen molar-refractivity contribution in [2.45, 2.75) is 82.7 Å². The van der Waals surface area contributed by atoms with Gasteiger partial charge in [0.2, 0.25) is 0 Å². The highest BCUT2D eigenvalue weighted by atomic mass is 35.5. The molecule has 3 aromatic rings. The van der Waals surface area contributed by atoms with Gasteiger partial charge in [-0.1, -0.05) is 30.7 Å². The zero-order chi connectivity index (χ0) is 30.9. The number of carbonyl (C=O) groups is 1. The third-order valence-corrected chi connectivity index (χ3v) is 11.1. The fourth-order valence-corrected chi connectivity index (χ4v) is 8.95. The molecule has 238 valence electrons. The van der Waals surface area contributed by atoms with Crippen molar-refractivity contribution in [2.24, 2.45) is 5.92 Å². The minimum Gasteiger partial charge on any atom is -0.461 e. The van der Waals surface area contributed by atoms with Crippen molar-refractivity contribution in [3.05, 3.63) is 63.1 Å². The maximum Gasteiger partial charge on any atom is 0.318 e. The van der Waals surface area contributed by atoms with Crippen LogP contribution in [-0.4, -0.2) is 81.3 Å². The number of anilines is 1. The molecule has 6 heterocycles. The Balaban J connectivity index is 1.15. The highest BCUT2D eigenvalue weighted by Gasteiger charge is 2.48. The average Bonchev–Trinajstić information content (AvgIpc) is 3.74. The van der Waals surface area contributed by atoms with Crippen LogP contribution in [0.1, 0.15) is 77.6 Å². The van der Waals surface area contributed by atoms with E-state index in [9.17, 15) is 4.79 Å². The Morgan fingerprint density at radius 2 is 2.04 bits per heavy atom. The molecule has 1 aromatic carbocycles. The fraction of sp³-hybridized carbons (Fsp3) is 0.588. The molecule has 0 saturated carbocycles. The molecule has 45 heavy (non-hydrogen) atoms. The third-order valence-electron chi connectivity index (χ3n) is 10.8. The van der Waals surface area contributed by atoms with Crippen LogP contribution in [0.5, 0.6) is 6.01 Å². The maximum absolute atomic E-state index is 12.7. The van der Waals surface area contributed by atoms with Gasteiger partial charge in [-0.2, -0.15) is 15.1 Å². The predicted molar refractivity (Wildman–Crippen MR) is 171 cm³/mol. The summed E-state index contributed by atoms with van der Waals surface area (Å²) in [6.45, 7) is 7.81. The Labute approximate surface area is 269 Å². The number of fused-ring (bicyclic) bond motifs is 5. The molecular formula is C34H42ClN7O3. The molecule has 1 spiro atoms. The van der Waals surface area contributed by atoms with Crippen LogP contribution in [-0.2, 0) is 42.9 Å². The van der Waals surface area contributed by atoms with E-state index in [-0.39, 0.29) is 11.4 Å². The topological polar surface area (TPSA) is 88.9 Å². The van der Waals surface area contributed by atoms with Crippen LogP contribution in [0.25, 0.3) is 0 Å². The monoisotopic (exact) mass is 631 g/mol. The van der Waals surface area contributed by atoms with Crippen LogP contribution in [0.2, 0.25) is 5.02 Å². The van der Waals surface area contributed by atoms with Crippen molar-refractivity contribution in [1.29, 1.82) is 0 Å². The van der Waals surface area contributed by atoms with Crippen molar-refractivity contribution < 1.29 is 14.3 Å². The number of rotatable bonds is 5. The number of nitrogens with zero attached hydrogens (tertiary/aromatic N) is 7. The van der Waals surface area contributed by atoms with Gasteiger partial charge in [0, 0.05) is 50.7 Å². The van der Waals surface area contributed by atoms with Crippen LogP contribution in [0.3, 0.4) is 0 Å². The first-order valence-electron chi connectivity index (χ1n) is 16.5. The van der Waals surface area contributed by atoms with E-state index in [1.807, 2.05) is 22.9 Å². The van der Waals surface area contributed by atoms with Gasteiger partial charge in [-0.3, -0.25) is 14.4 Å². The van der Waals surface area contributed by atoms with Gasteiger partial charge in [-0.05, 0) is 74.2 Å². The van der Waals surface area contributed by atoms with Crippen LogP contribution in [0.4, 0.5) is 5.82 Å². The predicted octanol–water partition coefficient (Wildman–Crippen LogP) is 4.61. The smallest absolute Gasteiger partial charge is 0.318 e. The van der Waals surface area contributed by atoms with E-state index in [1.165, 1.54) is 17.5 Å². The van der Waals surface area contributed by atoms with Crippen LogP contribution in [0.15, 0.2) is 24.3 Å². The molecule has 8 rings (SSSR count). The van der Waals surface area contributed by atoms with Gasteiger partial charge in [-0.15, -0.1) is 0 Å². The first-order valence-corrected chi connectivity index (χ1v) is 16.8. The van der Waals surface area contributed by atoms with Crippen molar-refractivity contribution >= 4 is 23.3 Å². The Kier molecular flexibility index (Phi) is 7.11. The summed E-state index contributed by atoms with van der Waals surface area (Å²) in [5, 5.41) is 5.46. The summed E-state index contributed by atoms with van der Waals surface area (Å²) in [5.74, 6) is 1.45. The zero-order valence-electron chi connectivity index (χ0n) is 26.5. The van der Waals surface area contributed by atoms with E-state index in [1.54, 1.807) is 19.0 Å². The number of carbonyl (C=O) groups excluding carboxylic acids is 1. The Morgan fingerprint density at radius 1 is 1.16 bits per heavy atom. The molecule has 0 N–H and O–H groups in total. The van der Waals surface area contributed by atoms with Gasteiger partial charge >= 0.3 is 6.01 Å². The first kappa shape index (κ1) is 29.2. The van der Waals surface area contributed by atoms with Gasteiger partial charge in [0.25, 0.3) is 5.91 Å². The normalized spacial score (nSPS) is 27.2. The second-order valence-electron chi connectivity index (χ2n) is 14.1. The first-order chi connectivity index (χ1) is 21.7. The summed E-state index contributed by atoms with van der Waals surface area (Å²) in [6.07, 6.45) is 6.84. The Hall–Kier alpha value is -3.21. The lowest BCUT2D eigenvalue weighted by molar-refractivity contribution is -0.0730. The van der Waals surface area contributed by atoms with E-state index < -0.39 is 5.60 Å². The van der Waals surface area contributed by atoms with E-state index in [2.05, 4.69) is 27.9 Å². The molecule has 11 heteroatoms. The largest absolute Gasteiger partial charge is 0.461 e. The SMILES string of the molecule is C[C@H]1CN2CCC[C@@]2(COc2nc3c(c(N4CCCn5nc(C(=O)N(C)C)cc5C4)n2)CO[C@@]2(CCc4c(Cl)cccc42)C3)C1. The number of hydrogen-bond donors (Lipinski definition) is 0. The summed E-state index contributed by atoms with van der Waals surface area (Å²) < 4.78 is 15.4. The summed E-state index contributed by atoms with van der Waals surface area (Å²) >= 11 is 6.63. The molecule has 0 radical (unpaired) electrons. The molecule has 4 aliphatic heterocycles. The summed E-state index contributed by atoms with van der Waals surface area (Å²) in [7, 11) is 3.52. The number of ether oxygens (including phenoxy) is 2. The van der Waals surface area contributed by atoms with E-state index >= 15 is 0 Å². The maximum atomic E-state index is 12.7. The molecule has 10 nitrogen and oxygen atoms in total.